The van der Waals surface area contributed by atoms with Crippen molar-refractivity contribution in [2.45, 2.75) is 38.8 Å². The van der Waals surface area contributed by atoms with Gasteiger partial charge < -0.3 is 10.5 Å². The molecule has 0 aliphatic rings. The van der Waals surface area contributed by atoms with E-state index in [9.17, 15) is 0 Å². The van der Waals surface area contributed by atoms with Gasteiger partial charge in [0.05, 0.1) is 0 Å². The number of methoxy groups -OCH3 is 1. The van der Waals surface area contributed by atoms with E-state index in [1.807, 2.05) is 0 Å². The van der Waals surface area contributed by atoms with Crippen LogP contribution < -0.4 is 5.73 Å². The second-order valence-electron chi connectivity index (χ2n) is 5.25. The first-order chi connectivity index (χ1) is 9.10. The van der Waals surface area contributed by atoms with Crippen LogP contribution in [0.2, 0.25) is 0 Å². The molecule has 2 N–H and O–H groups in total. The smallest absolute Gasteiger partial charge is 0.0496 e. The first-order valence-electron chi connectivity index (χ1n) is 7.11. The van der Waals surface area contributed by atoms with E-state index in [-0.39, 0.29) is 12.1 Å². The van der Waals surface area contributed by atoms with Gasteiger partial charge in [0.1, 0.15) is 0 Å². The highest BCUT2D eigenvalue weighted by molar-refractivity contribution is 5.25. The van der Waals surface area contributed by atoms with Gasteiger partial charge in [0.25, 0.3) is 0 Å². The standard InChI is InChI=1S/C16H28N2O/c1-5-15(17)16(18(3)11-6-12-19-4)14-9-7-13(2)8-10-14/h7-10,15-16H,5-6,11-12,17H2,1-4H3. The van der Waals surface area contributed by atoms with E-state index < -0.39 is 0 Å². The molecule has 0 bridgehead atoms. The van der Waals surface area contributed by atoms with Crippen molar-refractivity contribution in [1.29, 1.82) is 0 Å². The number of likely N-dealkylation sites (N-methyl/N-ethyl adjacent to an activating group) is 1. The molecule has 0 radical (unpaired) electrons. The van der Waals surface area contributed by atoms with Gasteiger partial charge in [-0.15, -0.1) is 0 Å². The topological polar surface area (TPSA) is 38.5 Å². The molecule has 1 rings (SSSR count). The summed E-state index contributed by atoms with van der Waals surface area (Å²) in [5.41, 5.74) is 8.91. The SMILES string of the molecule is CCC(N)C(c1ccc(C)cc1)N(C)CCCOC. The summed E-state index contributed by atoms with van der Waals surface area (Å²) in [4.78, 5) is 2.35. The molecule has 0 heterocycles. The van der Waals surface area contributed by atoms with Crippen LogP contribution in [-0.4, -0.2) is 38.3 Å². The number of rotatable bonds is 8. The zero-order chi connectivity index (χ0) is 14.3. The first kappa shape index (κ1) is 16.2. The molecule has 3 nitrogen and oxygen atoms in total. The Labute approximate surface area is 117 Å². The molecule has 2 unspecified atom stereocenters. The largest absolute Gasteiger partial charge is 0.385 e. The van der Waals surface area contributed by atoms with Crippen molar-refractivity contribution in [2.75, 3.05) is 27.3 Å². The molecule has 0 amide bonds. The molecule has 3 heteroatoms. The van der Waals surface area contributed by atoms with Crippen LogP contribution in [0.25, 0.3) is 0 Å². The zero-order valence-corrected chi connectivity index (χ0v) is 12.7. The highest BCUT2D eigenvalue weighted by Gasteiger charge is 2.22. The molecule has 0 saturated carbocycles. The summed E-state index contributed by atoms with van der Waals surface area (Å²) in [6.07, 6.45) is 2.01. The normalized spacial score (nSPS) is 14.6. The fourth-order valence-corrected chi connectivity index (χ4v) is 2.41. The van der Waals surface area contributed by atoms with E-state index in [0.717, 1.165) is 26.0 Å². The summed E-state index contributed by atoms with van der Waals surface area (Å²) in [5.74, 6) is 0. The third-order valence-corrected chi connectivity index (χ3v) is 3.63. The molecule has 0 spiro atoms. The van der Waals surface area contributed by atoms with Crippen LogP contribution in [0.1, 0.15) is 36.9 Å². The minimum absolute atomic E-state index is 0.162. The number of nitrogens with two attached hydrogens (primary N) is 1. The number of hydrogen-bond donors (Lipinski definition) is 1. The lowest BCUT2D eigenvalue weighted by atomic mass is 9.96. The molecule has 2 atom stereocenters. The average molecular weight is 264 g/mol. The van der Waals surface area contributed by atoms with Crippen molar-refractivity contribution >= 4 is 0 Å². The van der Waals surface area contributed by atoms with Gasteiger partial charge in [0.2, 0.25) is 0 Å². The van der Waals surface area contributed by atoms with Crippen molar-refractivity contribution in [3.63, 3.8) is 0 Å². The predicted octanol–water partition coefficient (Wildman–Crippen LogP) is 2.74. The molecule has 0 saturated heterocycles. The van der Waals surface area contributed by atoms with Crippen LogP contribution in [0.3, 0.4) is 0 Å². The van der Waals surface area contributed by atoms with Gasteiger partial charge in [-0.25, -0.2) is 0 Å². The molecule has 1 aromatic rings. The number of aryl methyl sites for hydroxylation is 1. The van der Waals surface area contributed by atoms with Crippen molar-refractivity contribution in [3.8, 4) is 0 Å². The van der Waals surface area contributed by atoms with E-state index >= 15 is 0 Å². The Bertz CT molecular complexity index is 350. The molecule has 0 aromatic heterocycles. The van der Waals surface area contributed by atoms with Gasteiger partial charge in [0.15, 0.2) is 0 Å². The highest BCUT2D eigenvalue weighted by Crippen LogP contribution is 2.24. The number of benzene rings is 1. The summed E-state index contributed by atoms with van der Waals surface area (Å²) in [7, 11) is 3.89. The maximum absolute atomic E-state index is 6.32. The Morgan fingerprint density at radius 3 is 2.42 bits per heavy atom. The Hall–Kier alpha value is -0.900. The molecular weight excluding hydrogens is 236 g/mol. The van der Waals surface area contributed by atoms with Crippen molar-refractivity contribution in [2.24, 2.45) is 5.73 Å². The lowest BCUT2D eigenvalue weighted by Crippen LogP contribution is -2.39. The quantitative estimate of drug-likeness (QED) is 0.734. The van der Waals surface area contributed by atoms with Gasteiger partial charge in [-0.05, 0) is 32.4 Å². The summed E-state index contributed by atoms with van der Waals surface area (Å²) in [6.45, 7) is 6.06. The Kier molecular flexibility index (Phi) is 7.06. The molecule has 0 aliphatic heterocycles. The monoisotopic (exact) mass is 264 g/mol. The van der Waals surface area contributed by atoms with E-state index in [0.29, 0.717) is 0 Å². The Morgan fingerprint density at radius 1 is 1.26 bits per heavy atom. The van der Waals surface area contributed by atoms with Gasteiger partial charge in [-0.1, -0.05) is 36.8 Å². The number of nitrogens with zero attached hydrogens (tertiary/aromatic N) is 1. The summed E-state index contributed by atoms with van der Waals surface area (Å²) >= 11 is 0. The van der Waals surface area contributed by atoms with E-state index in [4.69, 9.17) is 10.5 Å². The van der Waals surface area contributed by atoms with Crippen LogP contribution in [0, 0.1) is 6.92 Å². The summed E-state index contributed by atoms with van der Waals surface area (Å²) in [6, 6.07) is 9.16. The van der Waals surface area contributed by atoms with Crippen LogP contribution in [0.4, 0.5) is 0 Å². The maximum Gasteiger partial charge on any atom is 0.0496 e. The fraction of sp³-hybridized carbons (Fsp3) is 0.625. The second kappa shape index (κ2) is 8.31. The predicted molar refractivity (Wildman–Crippen MR) is 81.3 cm³/mol. The number of hydrogen-bond acceptors (Lipinski definition) is 3. The summed E-state index contributed by atoms with van der Waals surface area (Å²) in [5, 5.41) is 0. The molecule has 1 aromatic carbocycles. The van der Waals surface area contributed by atoms with Crippen molar-refractivity contribution in [1.82, 2.24) is 4.90 Å². The Balaban J connectivity index is 2.79. The molecule has 108 valence electrons. The molecular formula is C16H28N2O. The third kappa shape index (κ3) is 4.94. The van der Waals surface area contributed by atoms with Gasteiger partial charge in [0, 0.05) is 32.3 Å². The first-order valence-corrected chi connectivity index (χ1v) is 7.11. The van der Waals surface area contributed by atoms with E-state index in [1.165, 1.54) is 11.1 Å². The molecule has 0 fully saturated rings. The fourth-order valence-electron chi connectivity index (χ4n) is 2.41. The van der Waals surface area contributed by atoms with Gasteiger partial charge >= 0.3 is 0 Å². The minimum Gasteiger partial charge on any atom is -0.385 e. The van der Waals surface area contributed by atoms with Crippen molar-refractivity contribution in [3.05, 3.63) is 35.4 Å². The van der Waals surface area contributed by atoms with Crippen LogP contribution in [-0.2, 0) is 4.74 Å². The average Bonchev–Trinajstić information content (AvgIpc) is 2.41. The lowest BCUT2D eigenvalue weighted by molar-refractivity contribution is 0.155. The van der Waals surface area contributed by atoms with Gasteiger partial charge in [-0.2, -0.15) is 0 Å². The van der Waals surface area contributed by atoms with Crippen LogP contribution in [0.5, 0.6) is 0 Å². The van der Waals surface area contributed by atoms with Crippen LogP contribution >= 0.6 is 0 Å². The van der Waals surface area contributed by atoms with Crippen LogP contribution in [0.15, 0.2) is 24.3 Å². The number of ether oxygens (including phenoxy) is 1. The highest BCUT2D eigenvalue weighted by atomic mass is 16.5. The Morgan fingerprint density at radius 2 is 1.89 bits per heavy atom. The summed E-state index contributed by atoms with van der Waals surface area (Å²) < 4.78 is 5.12. The second-order valence-corrected chi connectivity index (χ2v) is 5.25. The minimum atomic E-state index is 0.162. The molecule has 0 aliphatic carbocycles. The third-order valence-electron chi connectivity index (χ3n) is 3.63. The van der Waals surface area contributed by atoms with Gasteiger partial charge in [-0.3, -0.25) is 4.90 Å². The van der Waals surface area contributed by atoms with E-state index in [1.54, 1.807) is 7.11 Å². The lowest BCUT2D eigenvalue weighted by Gasteiger charge is -2.33. The maximum atomic E-state index is 6.32. The zero-order valence-electron chi connectivity index (χ0n) is 12.7. The van der Waals surface area contributed by atoms with Crippen molar-refractivity contribution < 1.29 is 4.74 Å². The van der Waals surface area contributed by atoms with E-state index in [2.05, 4.69) is 50.1 Å². The molecule has 19 heavy (non-hydrogen) atoms.